The molecular formula is C17H25NO2. The molecule has 0 aliphatic carbocycles. The van der Waals surface area contributed by atoms with Crippen LogP contribution in [-0.2, 0) is 16.1 Å². The zero-order valence-corrected chi connectivity index (χ0v) is 12.7. The third kappa shape index (κ3) is 3.83. The molecular weight excluding hydrogens is 250 g/mol. The first-order valence-corrected chi connectivity index (χ1v) is 7.48. The molecule has 0 bridgehead atoms. The molecule has 0 aromatic heterocycles. The molecule has 3 heteroatoms. The summed E-state index contributed by atoms with van der Waals surface area (Å²) >= 11 is 0. The number of rotatable bonds is 3. The van der Waals surface area contributed by atoms with Crippen molar-refractivity contribution < 1.29 is 9.53 Å². The van der Waals surface area contributed by atoms with Crippen molar-refractivity contribution in [3.05, 3.63) is 35.9 Å². The second-order valence-corrected chi connectivity index (χ2v) is 6.04. The quantitative estimate of drug-likeness (QED) is 0.794. The van der Waals surface area contributed by atoms with Crippen LogP contribution in [0.5, 0.6) is 0 Å². The van der Waals surface area contributed by atoms with Gasteiger partial charge in [-0.3, -0.25) is 4.79 Å². The van der Waals surface area contributed by atoms with E-state index in [0.717, 1.165) is 24.9 Å². The van der Waals surface area contributed by atoms with E-state index < -0.39 is 0 Å². The van der Waals surface area contributed by atoms with Gasteiger partial charge in [0.15, 0.2) is 0 Å². The van der Waals surface area contributed by atoms with Crippen LogP contribution in [0.1, 0.15) is 32.3 Å². The van der Waals surface area contributed by atoms with Gasteiger partial charge >= 0.3 is 5.97 Å². The van der Waals surface area contributed by atoms with E-state index in [1.54, 1.807) is 0 Å². The largest absolute Gasteiger partial charge is 0.461 e. The zero-order valence-electron chi connectivity index (χ0n) is 12.7. The number of hydrogen-bond acceptors (Lipinski definition) is 3. The van der Waals surface area contributed by atoms with Gasteiger partial charge in [0.05, 0.1) is 5.92 Å². The van der Waals surface area contributed by atoms with E-state index in [-0.39, 0.29) is 11.9 Å². The molecule has 3 nitrogen and oxygen atoms in total. The monoisotopic (exact) mass is 275 g/mol. The maximum atomic E-state index is 12.3. The molecule has 0 saturated carbocycles. The van der Waals surface area contributed by atoms with Gasteiger partial charge in [0, 0.05) is 12.6 Å². The fourth-order valence-corrected chi connectivity index (χ4v) is 2.87. The lowest BCUT2D eigenvalue weighted by atomic mass is 9.90. The fourth-order valence-electron chi connectivity index (χ4n) is 2.87. The van der Waals surface area contributed by atoms with Gasteiger partial charge in [-0.05, 0) is 38.3 Å². The van der Waals surface area contributed by atoms with Crippen molar-refractivity contribution in [1.82, 2.24) is 4.90 Å². The Balaban J connectivity index is 1.91. The highest BCUT2D eigenvalue weighted by molar-refractivity contribution is 5.72. The molecule has 2 rings (SSSR count). The van der Waals surface area contributed by atoms with Crippen LogP contribution in [0.4, 0.5) is 0 Å². The lowest BCUT2D eigenvalue weighted by molar-refractivity contribution is -0.151. The number of nitrogens with zero attached hydrogens (tertiary/aromatic N) is 1. The van der Waals surface area contributed by atoms with E-state index in [2.05, 4.69) is 25.8 Å². The molecule has 3 unspecified atom stereocenters. The summed E-state index contributed by atoms with van der Waals surface area (Å²) in [4.78, 5) is 14.6. The molecule has 20 heavy (non-hydrogen) atoms. The predicted octanol–water partition coefficient (Wildman–Crippen LogP) is 3.10. The molecule has 0 spiro atoms. The summed E-state index contributed by atoms with van der Waals surface area (Å²) in [5.41, 5.74) is 1.05. The fraction of sp³-hybridized carbons (Fsp3) is 0.588. The molecule has 1 saturated heterocycles. The van der Waals surface area contributed by atoms with Crippen LogP contribution < -0.4 is 0 Å². The van der Waals surface area contributed by atoms with Gasteiger partial charge in [0.2, 0.25) is 0 Å². The maximum absolute atomic E-state index is 12.3. The molecule has 0 radical (unpaired) electrons. The van der Waals surface area contributed by atoms with Gasteiger partial charge in [-0.2, -0.15) is 0 Å². The number of likely N-dealkylation sites (tertiary alicyclic amines) is 1. The maximum Gasteiger partial charge on any atom is 0.309 e. The first-order valence-electron chi connectivity index (χ1n) is 7.48. The van der Waals surface area contributed by atoms with Crippen molar-refractivity contribution in [1.29, 1.82) is 0 Å². The molecule has 110 valence electrons. The third-order valence-corrected chi connectivity index (χ3v) is 4.44. The predicted molar refractivity (Wildman–Crippen MR) is 80.2 cm³/mol. The second kappa shape index (κ2) is 6.89. The molecule has 0 amide bonds. The highest BCUT2D eigenvalue weighted by Gasteiger charge is 2.31. The van der Waals surface area contributed by atoms with Crippen molar-refractivity contribution >= 4 is 5.97 Å². The minimum atomic E-state index is -0.0381. The van der Waals surface area contributed by atoms with E-state index in [1.807, 2.05) is 30.3 Å². The van der Waals surface area contributed by atoms with Crippen molar-refractivity contribution in [3.8, 4) is 0 Å². The highest BCUT2D eigenvalue weighted by atomic mass is 16.5. The Bertz CT molecular complexity index is 432. The highest BCUT2D eigenvalue weighted by Crippen LogP contribution is 2.27. The minimum absolute atomic E-state index is 0.0334. The first-order chi connectivity index (χ1) is 9.58. The summed E-state index contributed by atoms with van der Waals surface area (Å²) in [5, 5.41) is 0. The van der Waals surface area contributed by atoms with Gasteiger partial charge in [-0.25, -0.2) is 0 Å². The molecule has 1 heterocycles. The Morgan fingerprint density at radius 1 is 1.25 bits per heavy atom. The van der Waals surface area contributed by atoms with E-state index in [9.17, 15) is 4.79 Å². The van der Waals surface area contributed by atoms with E-state index in [0.29, 0.717) is 18.6 Å². The van der Waals surface area contributed by atoms with E-state index >= 15 is 0 Å². The minimum Gasteiger partial charge on any atom is -0.461 e. The normalized spacial score (nSPS) is 27.9. The lowest BCUT2D eigenvalue weighted by Gasteiger charge is -2.24. The Kier molecular flexibility index (Phi) is 5.18. The smallest absolute Gasteiger partial charge is 0.309 e. The van der Waals surface area contributed by atoms with Crippen LogP contribution >= 0.6 is 0 Å². The third-order valence-electron chi connectivity index (χ3n) is 4.44. The Hall–Kier alpha value is -1.35. The van der Waals surface area contributed by atoms with Gasteiger partial charge in [0.1, 0.15) is 6.61 Å². The number of benzene rings is 1. The van der Waals surface area contributed by atoms with Crippen molar-refractivity contribution in [3.63, 3.8) is 0 Å². The second-order valence-electron chi connectivity index (χ2n) is 6.04. The molecule has 0 N–H and O–H groups in total. The summed E-state index contributed by atoms with van der Waals surface area (Å²) in [6, 6.07) is 10.4. The Morgan fingerprint density at radius 2 is 1.95 bits per heavy atom. The standard InChI is InChI=1S/C17H25NO2/c1-13-11-18(3)14(2)9-10-16(13)17(19)20-12-15-7-5-4-6-8-15/h4-8,13-14,16H,9-12H2,1-3H3. The molecule has 1 aliphatic rings. The molecule has 1 aliphatic heterocycles. The summed E-state index contributed by atoms with van der Waals surface area (Å²) in [5.74, 6) is 0.350. The number of esters is 1. The van der Waals surface area contributed by atoms with Crippen LogP contribution in [0.15, 0.2) is 30.3 Å². The molecule has 1 aromatic rings. The number of carbonyl (C=O) groups is 1. The van der Waals surface area contributed by atoms with Crippen molar-refractivity contribution in [2.24, 2.45) is 11.8 Å². The Labute approximate surface area is 121 Å². The van der Waals surface area contributed by atoms with Crippen LogP contribution in [0.2, 0.25) is 0 Å². The van der Waals surface area contributed by atoms with Gasteiger partial charge in [-0.15, -0.1) is 0 Å². The SMILES string of the molecule is CC1CN(C)C(C)CCC1C(=O)OCc1ccccc1. The number of hydrogen-bond donors (Lipinski definition) is 0. The van der Waals surface area contributed by atoms with Crippen LogP contribution in [0.3, 0.4) is 0 Å². The van der Waals surface area contributed by atoms with Crippen LogP contribution in [0, 0.1) is 11.8 Å². The van der Waals surface area contributed by atoms with Crippen molar-refractivity contribution in [2.45, 2.75) is 39.3 Å². The topological polar surface area (TPSA) is 29.5 Å². The van der Waals surface area contributed by atoms with Gasteiger partial charge < -0.3 is 9.64 Å². The summed E-state index contributed by atoms with van der Waals surface area (Å²) in [7, 11) is 2.14. The number of ether oxygens (including phenoxy) is 1. The zero-order chi connectivity index (χ0) is 14.5. The average Bonchev–Trinajstić information content (AvgIpc) is 2.57. The van der Waals surface area contributed by atoms with Crippen LogP contribution in [-0.4, -0.2) is 30.5 Å². The summed E-state index contributed by atoms with van der Waals surface area (Å²) < 4.78 is 5.51. The van der Waals surface area contributed by atoms with Gasteiger partial charge in [-0.1, -0.05) is 37.3 Å². The van der Waals surface area contributed by atoms with Crippen LogP contribution in [0.25, 0.3) is 0 Å². The lowest BCUT2D eigenvalue weighted by Crippen LogP contribution is -2.32. The summed E-state index contributed by atoms with van der Waals surface area (Å²) in [6.07, 6.45) is 1.99. The van der Waals surface area contributed by atoms with Gasteiger partial charge in [0.25, 0.3) is 0 Å². The summed E-state index contributed by atoms with van der Waals surface area (Å²) in [6.45, 7) is 5.73. The number of carbonyl (C=O) groups excluding carboxylic acids is 1. The van der Waals surface area contributed by atoms with E-state index in [4.69, 9.17) is 4.74 Å². The first kappa shape index (κ1) is 15.0. The van der Waals surface area contributed by atoms with E-state index in [1.165, 1.54) is 0 Å². The molecule has 1 fully saturated rings. The average molecular weight is 275 g/mol. The Morgan fingerprint density at radius 3 is 2.65 bits per heavy atom. The molecule has 3 atom stereocenters. The molecule has 1 aromatic carbocycles. The van der Waals surface area contributed by atoms with Crippen molar-refractivity contribution in [2.75, 3.05) is 13.6 Å².